The average molecular weight is 356 g/mol. The topological polar surface area (TPSA) is 83.2 Å². The molecule has 24 heavy (non-hydrogen) atoms. The van der Waals surface area contributed by atoms with E-state index in [2.05, 4.69) is 10.2 Å². The van der Waals surface area contributed by atoms with Gasteiger partial charge in [-0.15, -0.1) is 0 Å². The molecule has 6 nitrogen and oxygen atoms in total. The van der Waals surface area contributed by atoms with Crippen molar-refractivity contribution < 1.29 is 0 Å². The van der Waals surface area contributed by atoms with Gasteiger partial charge in [0.25, 0.3) is 0 Å². The van der Waals surface area contributed by atoms with Gasteiger partial charge in [-0.25, -0.2) is 10.0 Å². The summed E-state index contributed by atoms with van der Waals surface area (Å²) in [4.78, 5) is 0. The number of nitrogens with two attached hydrogens (primary N) is 2. The fourth-order valence-electron chi connectivity index (χ4n) is 1.83. The van der Waals surface area contributed by atoms with Crippen LogP contribution in [0.3, 0.4) is 0 Å². The molecule has 122 valence electrons. The lowest BCUT2D eigenvalue weighted by Crippen LogP contribution is -2.32. The maximum atomic E-state index is 5.70. The number of rotatable bonds is 5. The molecule has 0 aliphatic rings. The van der Waals surface area contributed by atoms with Crippen molar-refractivity contribution in [1.82, 2.24) is 0 Å². The van der Waals surface area contributed by atoms with Gasteiger partial charge in [0.15, 0.2) is 10.2 Å². The molecular formula is C16H16N6S2. The smallest absolute Gasteiger partial charge is 0.191 e. The summed E-state index contributed by atoms with van der Waals surface area (Å²) in [6, 6.07) is 18.7. The van der Waals surface area contributed by atoms with Crippen LogP contribution in [0, 0.1) is 0 Å². The van der Waals surface area contributed by atoms with Crippen LogP contribution in [0.2, 0.25) is 0 Å². The van der Waals surface area contributed by atoms with E-state index in [0.29, 0.717) is 0 Å². The molecule has 2 aromatic rings. The third kappa shape index (κ3) is 4.83. The van der Waals surface area contributed by atoms with E-state index >= 15 is 0 Å². The number of hydrogen-bond acceptors (Lipinski definition) is 4. The zero-order chi connectivity index (χ0) is 17.4. The highest BCUT2D eigenvalue weighted by molar-refractivity contribution is 7.80. The summed E-state index contributed by atoms with van der Waals surface area (Å²) in [7, 11) is 0. The zero-order valence-electron chi connectivity index (χ0n) is 12.7. The van der Waals surface area contributed by atoms with E-state index < -0.39 is 0 Å². The van der Waals surface area contributed by atoms with Gasteiger partial charge >= 0.3 is 0 Å². The first-order valence-corrected chi connectivity index (χ1v) is 7.77. The van der Waals surface area contributed by atoms with Gasteiger partial charge in [0.05, 0.1) is 23.8 Å². The van der Waals surface area contributed by atoms with Crippen molar-refractivity contribution in [3.8, 4) is 0 Å². The van der Waals surface area contributed by atoms with Crippen molar-refractivity contribution in [2.45, 2.75) is 0 Å². The molecule has 0 unspecified atom stereocenters. The van der Waals surface area contributed by atoms with Crippen LogP contribution in [-0.4, -0.2) is 22.7 Å². The number of hydrazone groups is 2. The van der Waals surface area contributed by atoms with Gasteiger partial charge in [-0.2, -0.15) is 10.2 Å². The SMILES string of the molecule is NC(=S)N(N=CC=NN(C(N)=S)c1ccccc1)c1ccccc1. The Kier molecular flexibility index (Phi) is 6.35. The number of benzene rings is 2. The van der Waals surface area contributed by atoms with Gasteiger partial charge in [-0.3, -0.25) is 0 Å². The summed E-state index contributed by atoms with van der Waals surface area (Å²) in [6.45, 7) is 0. The first kappa shape index (κ1) is 17.5. The second-order valence-electron chi connectivity index (χ2n) is 4.50. The Labute approximate surface area is 151 Å². The van der Waals surface area contributed by atoms with E-state index in [9.17, 15) is 0 Å². The van der Waals surface area contributed by atoms with Crippen LogP contribution in [0.1, 0.15) is 0 Å². The van der Waals surface area contributed by atoms with Crippen LogP contribution in [-0.2, 0) is 0 Å². The molecule has 0 bridgehead atoms. The quantitative estimate of drug-likeness (QED) is 0.486. The van der Waals surface area contributed by atoms with E-state index in [1.54, 1.807) is 0 Å². The van der Waals surface area contributed by atoms with Crippen LogP contribution in [0.25, 0.3) is 0 Å². The molecule has 0 saturated heterocycles. The molecular weight excluding hydrogens is 340 g/mol. The minimum atomic E-state index is 0.125. The number of thiocarbonyl (C=S) groups is 2. The third-order valence-electron chi connectivity index (χ3n) is 2.85. The van der Waals surface area contributed by atoms with E-state index in [0.717, 1.165) is 11.4 Å². The van der Waals surface area contributed by atoms with Crippen LogP contribution in [0.15, 0.2) is 70.9 Å². The number of hydrogen-bond donors (Lipinski definition) is 2. The highest BCUT2D eigenvalue weighted by Gasteiger charge is 2.07. The summed E-state index contributed by atoms with van der Waals surface area (Å²) in [5.74, 6) is 0. The third-order valence-corrected chi connectivity index (χ3v) is 3.20. The molecule has 0 amide bonds. The minimum Gasteiger partial charge on any atom is -0.374 e. The lowest BCUT2D eigenvalue weighted by atomic mass is 10.3. The molecule has 0 heterocycles. The predicted molar refractivity (Wildman–Crippen MR) is 108 cm³/mol. The fraction of sp³-hybridized carbons (Fsp3) is 0. The van der Waals surface area contributed by atoms with E-state index in [4.69, 9.17) is 35.9 Å². The second-order valence-corrected chi connectivity index (χ2v) is 5.34. The molecule has 2 aromatic carbocycles. The molecule has 0 aliphatic heterocycles. The molecule has 0 fully saturated rings. The maximum absolute atomic E-state index is 5.70. The number of anilines is 2. The monoisotopic (exact) mass is 356 g/mol. The predicted octanol–water partition coefficient (Wildman–Crippen LogP) is 2.46. The molecule has 8 heteroatoms. The summed E-state index contributed by atoms with van der Waals surface area (Å²) >= 11 is 10.0. The largest absolute Gasteiger partial charge is 0.374 e. The number of nitrogens with zero attached hydrogens (tertiary/aromatic N) is 4. The van der Waals surface area contributed by atoms with Crippen LogP contribution >= 0.6 is 24.4 Å². The normalized spacial score (nSPS) is 10.8. The lowest BCUT2D eigenvalue weighted by Gasteiger charge is -2.17. The van der Waals surface area contributed by atoms with Gasteiger partial charge in [0, 0.05) is 0 Å². The summed E-state index contributed by atoms with van der Waals surface area (Å²) < 4.78 is 0. The van der Waals surface area contributed by atoms with Crippen LogP contribution in [0.4, 0.5) is 11.4 Å². The van der Waals surface area contributed by atoms with Crippen molar-refractivity contribution in [3.63, 3.8) is 0 Å². The summed E-state index contributed by atoms with van der Waals surface area (Å²) in [5.41, 5.74) is 12.9. The van der Waals surface area contributed by atoms with Crippen molar-refractivity contribution in [2.75, 3.05) is 10.0 Å². The molecule has 0 atom stereocenters. The Hall–Kier alpha value is -2.84. The van der Waals surface area contributed by atoms with Gasteiger partial charge in [-0.1, -0.05) is 36.4 Å². The van der Waals surface area contributed by atoms with Gasteiger partial charge in [0.2, 0.25) is 0 Å². The molecule has 0 aromatic heterocycles. The van der Waals surface area contributed by atoms with E-state index in [-0.39, 0.29) is 10.2 Å². The molecule has 0 aliphatic carbocycles. The standard InChI is InChI=1S/C16H16N6S2/c17-15(23)21(13-7-3-1-4-8-13)19-11-12-20-22(16(18)24)14-9-5-2-6-10-14/h1-12H,(H2,17,23)(H2,18,24). The Morgan fingerprint density at radius 2 is 1.04 bits per heavy atom. The molecule has 2 rings (SSSR count). The van der Waals surface area contributed by atoms with Gasteiger partial charge in [0.1, 0.15) is 0 Å². The Morgan fingerprint density at radius 3 is 1.33 bits per heavy atom. The minimum absolute atomic E-state index is 0.125. The van der Waals surface area contributed by atoms with Crippen LogP contribution in [0.5, 0.6) is 0 Å². The Bertz CT molecular complexity index is 680. The second kappa shape index (κ2) is 8.70. The highest BCUT2D eigenvalue weighted by atomic mass is 32.1. The van der Waals surface area contributed by atoms with Crippen LogP contribution < -0.4 is 21.5 Å². The van der Waals surface area contributed by atoms with Crippen molar-refractivity contribution in [2.24, 2.45) is 21.7 Å². The van der Waals surface area contributed by atoms with Gasteiger partial charge < -0.3 is 11.5 Å². The molecule has 0 radical (unpaired) electrons. The molecule has 0 spiro atoms. The van der Waals surface area contributed by atoms with E-state index in [1.165, 1.54) is 22.4 Å². The molecule has 0 saturated carbocycles. The molecule has 4 N–H and O–H groups in total. The first-order valence-electron chi connectivity index (χ1n) is 6.95. The van der Waals surface area contributed by atoms with E-state index in [1.807, 2.05) is 60.7 Å². The van der Waals surface area contributed by atoms with Crippen molar-refractivity contribution in [1.29, 1.82) is 0 Å². The maximum Gasteiger partial charge on any atom is 0.191 e. The summed E-state index contributed by atoms with van der Waals surface area (Å²) in [5, 5.41) is 11.5. The Morgan fingerprint density at radius 1 is 0.708 bits per heavy atom. The zero-order valence-corrected chi connectivity index (χ0v) is 14.3. The van der Waals surface area contributed by atoms with Crippen molar-refractivity contribution >= 4 is 58.5 Å². The van der Waals surface area contributed by atoms with Gasteiger partial charge in [-0.05, 0) is 48.7 Å². The Balaban J connectivity index is 2.14. The summed E-state index contributed by atoms with van der Waals surface area (Å²) in [6.07, 6.45) is 2.92. The average Bonchev–Trinajstić information content (AvgIpc) is 2.59. The fourth-order valence-corrected chi connectivity index (χ4v) is 2.14. The lowest BCUT2D eigenvalue weighted by molar-refractivity contribution is 1.13. The number of para-hydroxylation sites is 2. The highest BCUT2D eigenvalue weighted by Crippen LogP contribution is 2.14. The first-order chi connectivity index (χ1) is 11.6. The van der Waals surface area contributed by atoms with Crippen molar-refractivity contribution in [3.05, 3.63) is 60.7 Å².